The fourth-order valence-electron chi connectivity index (χ4n) is 1.31. The summed E-state index contributed by atoms with van der Waals surface area (Å²) in [5.74, 6) is -0.224. The Morgan fingerprint density at radius 3 is 2.41 bits per heavy atom. The van der Waals surface area contributed by atoms with Gasteiger partial charge < -0.3 is 0 Å². The number of thioether (sulfide) groups is 1. The summed E-state index contributed by atoms with van der Waals surface area (Å²) in [6.45, 7) is 3.30. The lowest BCUT2D eigenvalue weighted by atomic mass is 10.1. The van der Waals surface area contributed by atoms with E-state index in [1.54, 1.807) is 19.9 Å². The monoisotopic (exact) mass is 326 g/mol. The van der Waals surface area contributed by atoms with Crippen molar-refractivity contribution in [1.29, 1.82) is 0 Å². The lowest BCUT2D eigenvalue weighted by Crippen LogP contribution is -2.10. The van der Waals surface area contributed by atoms with E-state index in [9.17, 15) is 18.0 Å². The Balaban J connectivity index is 3.07. The lowest BCUT2D eigenvalue weighted by molar-refractivity contribution is -0.0328. The highest BCUT2D eigenvalue weighted by Crippen LogP contribution is 2.37. The maximum atomic E-state index is 12.2. The Morgan fingerprint density at radius 2 is 1.94 bits per heavy atom. The van der Waals surface area contributed by atoms with Crippen LogP contribution in [0.1, 0.15) is 22.8 Å². The molecule has 1 nitrogen and oxygen atoms in total. The van der Waals surface area contributed by atoms with Crippen LogP contribution in [0.3, 0.4) is 0 Å². The normalized spacial score (nSPS) is 13.5. The molecule has 17 heavy (non-hydrogen) atoms. The molecule has 0 bridgehead atoms. The van der Waals surface area contributed by atoms with Crippen molar-refractivity contribution < 1.29 is 18.0 Å². The lowest BCUT2D eigenvalue weighted by Gasteiger charge is -2.09. The van der Waals surface area contributed by atoms with Crippen molar-refractivity contribution in [2.45, 2.75) is 29.1 Å². The molecule has 1 rings (SSSR count). The number of rotatable bonds is 3. The first-order valence-corrected chi connectivity index (χ1v) is 6.48. The van der Waals surface area contributed by atoms with Gasteiger partial charge in [-0.3, -0.25) is 4.79 Å². The molecule has 0 fully saturated rings. The van der Waals surface area contributed by atoms with Crippen LogP contribution in [0.25, 0.3) is 0 Å². The first-order chi connectivity index (χ1) is 7.69. The minimum atomic E-state index is -4.34. The molecule has 0 amide bonds. The first kappa shape index (κ1) is 14.6. The van der Waals surface area contributed by atoms with E-state index in [-0.39, 0.29) is 22.4 Å². The van der Waals surface area contributed by atoms with E-state index < -0.39 is 10.3 Å². The molecule has 0 radical (unpaired) electrons. The summed E-state index contributed by atoms with van der Waals surface area (Å²) >= 11 is 2.90. The number of aryl methyl sites for hydroxylation is 1. The van der Waals surface area contributed by atoms with E-state index >= 15 is 0 Å². The van der Waals surface area contributed by atoms with E-state index in [0.717, 1.165) is 0 Å². The molecule has 1 atom stereocenters. The SMILES string of the molecule is Cc1cc(SC(F)(F)F)cc(C(=O)C(C)Br)c1. The number of hydrogen-bond donors (Lipinski definition) is 0. The summed E-state index contributed by atoms with van der Waals surface area (Å²) in [7, 11) is 0. The summed E-state index contributed by atoms with van der Waals surface area (Å²) in [5, 5.41) is 0. The predicted octanol–water partition coefficient (Wildman–Crippen LogP) is 4.57. The fraction of sp³-hybridized carbons (Fsp3) is 0.364. The number of halogens is 4. The molecule has 6 heteroatoms. The highest BCUT2D eigenvalue weighted by Gasteiger charge is 2.29. The number of carbonyl (C=O) groups is 1. The van der Waals surface area contributed by atoms with Gasteiger partial charge >= 0.3 is 5.51 Å². The van der Waals surface area contributed by atoms with Crippen molar-refractivity contribution in [2.75, 3.05) is 0 Å². The zero-order valence-electron chi connectivity index (χ0n) is 9.14. The number of ketones is 1. The average Bonchev–Trinajstić information content (AvgIpc) is 2.12. The highest BCUT2D eigenvalue weighted by molar-refractivity contribution is 9.10. The second-order valence-electron chi connectivity index (χ2n) is 3.56. The van der Waals surface area contributed by atoms with Crippen LogP contribution in [-0.2, 0) is 0 Å². The zero-order valence-corrected chi connectivity index (χ0v) is 11.5. The molecule has 94 valence electrons. The van der Waals surface area contributed by atoms with Gasteiger partial charge in [0.25, 0.3) is 0 Å². The third-order valence-corrected chi connectivity index (χ3v) is 3.05. The molecule has 0 saturated carbocycles. The predicted molar refractivity (Wildman–Crippen MR) is 65.8 cm³/mol. The summed E-state index contributed by atoms with van der Waals surface area (Å²) in [6, 6.07) is 4.26. The number of benzene rings is 1. The fourth-order valence-corrected chi connectivity index (χ4v) is 2.27. The quantitative estimate of drug-likeness (QED) is 0.459. The zero-order chi connectivity index (χ0) is 13.2. The molecule has 1 unspecified atom stereocenters. The summed E-state index contributed by atoms with van der Waals surface area (Å²) in [5.41, 5.74) is -3.41. The second-order valence-corrected chi connectivity index (χ2v) is 6.07. The molecular formula is C11H10BrF3OS. The smallest absolute Gasteiger partial charge is 0.293 e. The third-order valence-electron chi connectivity index (χ3n) is 1.93. The molecule has 1 aromatic rings. The topological polar surface area (TPSA) is 17.1 Å². The largest absolute Gasteiger partial charge is 0.446 e. The molecule has 0 heterocycles. The Bertz CT molecular complexity index is 429. The van der Waals surface area contributed by atoms with Crippen molar-refractivity contribution >= 4 is 33.5 Å². The van der Waals surface area contributed by atoms with Crippen molar-refractivity contribution in [3.05, 3.63) is 29.3 Å². The van der Waals surface area contributed by atoms with Crippen LogP contribution in [0.5, 0.6) is 0 Å². The van der Waals surface area contributed by atoms with Crippen LogP contribution in [0, 0.1) is 6.92 Å². The molecular weight excluding hydrogens is 317 g/mol. The van der Waals surface area contributed by atoms with Gasteiger partial charge in [-0.05, 0) is 49.4 Å². The molecule has 0 spiro atoms. The maximum absolute atomic E-state index is 12.2. The van der Waals surface area contributed by atoms with Gasteiger partial charge in [-0.1, -0.05) is 15.9 Å². The van der Waals surface area contributed by atoms with Gasteiger partial charge in [-0.2, -0.15) is 13.2 Å². The molecule has 0 aliphatic rings. The van der Waals surface area contributed by atoms with Gasteiger partial charge in [0.15, 0.2) is 5.78 Å². The van der Waals surface area contributed by atoms with Gasteiger partial charge in [-0.25, -0.2) is 0 Å². The summed E-state index contributed by atoms with van der Waals surface area (Å²) in [6.07, 6.45) is 0. The van der Waals surface area contributed by atoms with Crippen LogP contribution < -0.4 is 0 Å². The second kappa shape index (κ2) is 5.44. The number of Topliss-reactive ketones (excluding diaryl/α,β-unsaturated/α-hetero) is 1. The van der Waals surface area contributed by atoms with Crippen LogP contribution in [-0.4, -0.2) is 16.1 Å². The Morgan fingerprint density at radius 1 is 1.35 bits per heavy atom. The minimum absolute atomic E-state index is 0.0361. The van der Waals surface area contributed by atoms with Gasteiger partial charge in [0.05, 0.1) is 4.83 Å². The number of hydrogen-bond acceptors (Lipinski definition) is 2. The van der Waals surface area contributed by atoms with E-state index in [1.807, 2.05) is 0 Å². The van der Waals surface area contributed by atoms with Gasteiger partial charge in [0.2, 0.25) is 0 Å². The Labute approximate surface area is 110 Å². The van der Waals surface area contributed by atoms with Crippen LogP contribution in [0.2, 0.25) is 0 Å². The van der Waals surface area contributed by atoms with Crippen molar-refractivity contribution in [3.8, 4) is 0 Å². The van der Waals surface area contributed by atoms with Crippen molar-refractivity contribution in [2.24, 2.45) is 0 Å². The van der Waals surface area contributed by atoms with Crippen LogP contribution in [0.15, 0.2) is 23.1 Å². The molecule has 0 aliphatic carbocycles. The summed E-state index contributed by atoms with van der Waals surface area (Å²) < 4.78 is 36.7. The summed E-state index contributed by atoms with van der Waals surface area (Å²) in [4.78, 5) is 11.3. The van der Waals surface area contributed by atoms with Crippen molar-refractivity contribution in [3.63, 3.8) is 0 Å². The van der Waals surface area contributed by atoms with Crippen LogP contribution >= 0.6 is 27.7 Å². The molecule has 0 aliphatic heterocycles. The van der Waals surface area contributed by atoms with E-state index in [1.165, 1.54) is 12.1 Å². The Hall–Kier alpha value is -0.490. The van der Waals surface area contributed by atoms with Crippen LogP contribution in [0.4, 0.5) is 13.2 Å². The van der Waals surface area contributed by atoms with Gasteiger partial charge in [-0.15, -0.1) is 0 Å². The maximum Gasteiger partial charge on any atom is 0.446 e. The standard InChI is InChI=1S/C11H10BrF3OS/c1-6-3-8(10(16)7(2)12)5-9(4-6)17-11(13,14)15/h3-5,7H,1-2H3. The van der Waals surface area contributed by atoms with Gasteiger partial charge in [0.1, 0.15) is 0 Å². The molecule has 0 N–H and O–H groups in total. The van der Waals surface area contributed by atoms with Crippen molar-refractivity contribution in [1.82, 2.24) is 0 Å². The number of carbonyl (C=O) groups excluding carboxylic acids is 1. The highest BCUT2D eigenvalue weighted by atomic mass is 79.9. The van der Waals surface area contributed by atoms with Gasteiger partial charge in [0, 0.05) is 10.5 Å². The Kier molecular flexibility index (Phi) is 4.66. The van der Waals surface area contributed by atoms with E-state index in [4.69, 9.17) is 0 Å². The molecule has 0 saturated heterocycles. The first-order valence-electron chi connectivity index (χ1n) is 4.75. The van der Waals surface area contributed by atoms with E-state index in [2.05, 4.69) is 15.9 Å². The minimum Gasteiger partial charge on any atom is -0.293 e. The van der Waals surface area contributed by atoms with E-state index in [0.29, 0.717) is 11.1 Å². The molecule has 0 aromatic heterocycles. The third kappa shape index (κ3) is 4.71. The average molecular weight is 327 g/mol. The molecule has 1 aromatic carbocycles. The number of alkyl halides is 4.